The fraction of sp³-hybridized carbons (Fsp3) is 0.182. The van der Waals surface area contributed by atoms with Crippen molar-refractivity contribution in [2.45, 2.75) is 13.1 Å². The quantitative estimate of drug-likeness (QED) is 0.835. The molecule has 16 heavy (non-hydrogen) atoms. The zero-order chi connectivity index (χ0) is 11.4. The van der Waals surface area contributed by atoms with Crippen LogP contribution in [0.1, 0.15) is 11.3 Å². The van der Waals surface area contributed by atoms with Crippen LogP contribution in [0.2, 0.25) is 0 Å². The average molecular weight is 346 g/mol. The highest BCUT2D eigenvalue weighted by Crippen LogP contribution is 2.06. The van der Waals surface area contributed by atoms with Gasteiger partial charge in [0.15, 0.2) is 0 Å². The van der Waals surface area contributed by atoms with E-state index in [0.29, 0.717) is 6.54 Å². The van der Waals surface area contributed by atoms with Gasteiger partial charge in [0.1, 0.15) is 0 Å². The van der Waals surface area contributed by atoms with Crippen molar-refractivity contribution in [1.29, 1.82) is 0 Å². The standard InChI is InChI=1S/C11H11IN2OS/c12-9-3-1-8(2-4-9)5-13-6-10-7-16-11(15)14-10/h1-4,7,13H,5-6H2,(H,14,15). The number of nitrogens with one attached hydrogen (secondary N) is 2. The minimum Gasteiger partial charge on any atom is -0.315 e. The highest BCUT2D eigenvalue weighted by molar-refractivity contribution is 14.1. The molecule has 2 aromatic rings. The molecule has 3 nitrogen and oxygen atoms in total. The summed E-state index contributed by atoms with van der Waals surface area (Å²) in [5.41, 5.74) is 2.19. The van der Waals surface area contributed by atoms with Crippen molar-refractivity contribution in [3.63, 3.8) is 0 Å². The molecule has 0 saturated heterocycles. The number of H-pyrrole nitrogens is 1. The Hall–Kier alpha value is -0.660. The van der Waals surface area contributed by atoms with E-state index in [1.165, 1.54) is 20.5 Å². The average Bonchev–Trinajstić information content (AvgIpc) is 2.67. The summed E-state index contributed by atoms with van der Waals surface area (Å²) in [4.78, 5) is 13.7. The van der Waals surface area contributed by atoms with Crippen molar-refractivity contribution in [3.8, 4) is 0 Å². The predicted octanol–water partition coefficient (Wildman–Crippen LogP) is 2.33. The van der Waals surface area contributed by atoms with Gasteiger partial charge in [0, 0.05) is 27.7 Å². The first-order valence-electron chi connectivity index (χ1n) is 4.86. The molecule has 2 N–H and O–H groups in total. The molecule has 0 unspecified atom stereocenters. The minimum absolute atomic E-state index is 0.00562. The number of benzene rings is 1. The van der Waals surface area contributed by atoms with Crippen LogP contribution in [0.5, 0.6) is 0 Å². The van der Waals surface area contributed by atoms with Gasteiger partial charge in [-0.15, -0.1) is 0 Å². The fourth-order valence-corrected chi connectivity index (χ4v) is 2.29. The Morgan fingerprint density at radius 1 is 1.25 bits per heavy atom. The van der Waals surface area contributed by atoms with Gasteiger partial charge in [0.25, 0.3) is 0 Å². The number of hydrogen-bond acceptors (Lipinski definition) is 3. The lowest BCUT2D eigenvalue weighted by molar-refractivity contribution is 0.681. The monoisotopic (exact) mass is 346 g/mol. The van der Waals surface area contributed by atoms with Crippen LogP contribution in [0.3, 0.4) is 0 Å². The lowest BCUT2D eigenvalue weighted by atomic mass is 10.2. The third-order valence-corrected chi connectivity index (χ3v) is 3.57. The zero-order valence-corrected chi connectivity index (χ0v) is 11.5. The first-order chi connectivity index (χ1) is 7.74. The second-order valence-electron chi connectivity index (χ2n) is 3.40. The summed E-state index contributed by atoms with van der Waals surface area (Å²) in [5, 5.41) is 5.14. The summed E-state index contributed by atoms with van der Waals surface area (Å²) < 4.78 is 1.24. The van der Waals surface area contributed by atoms with E-state index in [0.717, 1.165) is 12.2 Å². The molecule has 5 heteroatoms. The Kier molecular flexibility index (Phi) is 4.14. The molecule has 0 aliphatic rings. The summed E-state index contributed by atoms with van der Waals surface area (Å²) in [6.45, 7) is 1.51. The van der Waals surface area contributed by atoms with Crippen LogP contribution in [-0.2, 0) is 13.1 Å². The third kappa shape index (κ3) is 3.43. The van der Waals surface area contributed by atoms with Crippen molar-refractivity contribution >= 4 is 33.9 Å². The van der Waals surface area contributed by atoms with Crippen molar-refractivity contribution < 1.29 is 0 Å². The van der Waals surface area contributed by atoms with E-state index < -0.39 is 0 Å². The van der Waals surface area contributed by atoms with Gasteiger partial charge in [-0.3, -0.25) is 4.79 Å². The largest absolute Gasteiger partial charge is 0.315 e. The predicted molar refractivity (Wildman–Crippen MR) is 74.6 cm³/mol. The molecule has 1 aromatic heterocycles. The highest BCUT2D eigenvalue weighted by Gasteiger charge is 1.96. The fourth-order valence-electron chi connectivity index (χ4n) is 1.34. The van der Waals surface area contributed by atoms with Gasteiger partial charge in [-0.25, -0.2) is 0 Å². The second kappa shape index (κ2) is 5.60. The van der Waals surface area contributed by atoms with Gasteiger partial charge in [-0.05, 0) is 40.3 Å². The summed E-state index contributed by atoms with van der Waals surface area (Å²) in [5.74, 6) is 0. The van der Waals surface area contributed by atoms with Gasteiger partial charge < -0.3 is 10.3 Å². The maximum atomic E-state index is 10.9. The molecule has 0 bridgehead atoms. The van der Waals surface area contributed by atoms with Gasteiger partial charge >= 0.3 is 4.87 Å². The van der Waals surface area contributed by atoms with E-state index >= 15 is 0 Å². The Labute approximate surface area is 111 Å². The normalized spacial score (nSPS) is 10.6. The molecule has 0 atom stereocenters. The Balaban J connectivity index is 1.84. The number of hydrogen-bond donors (Lipinski definition) is 2. The second-order valence-corrected chi connectivity index (χ2v) is 5.49. The molecule has 0 aliphatic heterocycles. The minimum atomic E-state index is 0.00562. The topological polar surface area (TPSA) is 44.9 Å². The molecule has 0 spiro atoms. The molecule has 0 aliphatic carbocycles. The number of aromatic amines is 1. The van der Waals surface area contributed by atoms with Crippen LogP contribution in [0, 0.1) is 3.57 Å². The molecule has 0 radical (unpaired) electrons. The van der Waals surface area contributed by atoms with Crippen molar-refractivity contribution in [1.82, 2.24) is 10.3 Å². The lowest BCUT2D eigenvalue weighted by Gasteiger charge is -2.03. The highest BCUT2D eigenvalue weighted by atomic mass is 127. The summed E-state index contributed by atoms with van der Waals surface area (Å²) in [7, 11) is 0. The van der Waals surface area contributed by atoms with Crippen LogP contribution in [0.25, 0.3) is 0 Å². The van der Waals surface area contributed by atoms with Gasteiger partial charge in [0.05, 0.1) is 0 Å². The molecular formula is C11H11IN2OS. The van der Waals surface area contributed by atoms with E-state index in [-0.39, 0.29) is 4.87 Å². The molecule has 0 amide bonds. The number of thiazole rings is 1. The first kappa shape index (κ1) is 11.8. The molecule has 0 fully saturated rings. The molecule has 1 heterocycles. The van der Waals surface area contributed by atoms with Crippen LogP contribution in [0.4, 0.5) is 0 Å². The SMILES string of the molecule is O=c1[nH]c(CNCc2ccc(I)cc2)cs1. The first-order valence-corrected chi connectivity index (χ1v) is 6.82. The smallest absolute Gasteiger partial charge is 0.304 e. The van der Waals surface area contributed by atoms with E-state index in [9.17, 15) is 4.79 Å². The van der Waals surface area contributed by atoms with Gasteiger partial charge in [0.2, 0.25) is 0 Å². The maximum absolute atomic E-state index is 10.9. The number of aromatic nitrogens is 1. The Morgan fingerprint density at radius 2 is 2.00 bits per heavy atom. The van der Waals surface area contributed by atoms with E-state index in [4.69, 9.17) is 0 Å². The Bertz CT molecular complexity index is 503. The Morgan fingerprint density at radius 3 is 2.62 bits per heavy atom. The lowest BCUT2D eigenvalue weighted by Crippen LogP contribution is -2.13. The van der Waals surface area contributed by atoms with E-state index in [2.05, 4.69) is 57.2 Å². The van der Waals surface area contributed by atoms with Crippen LogP contribution in [-0.4, -0.2) is 4.98 Å². The zero-order valence-electron chi connectivity index (χ0n) is 8.50. The molecule has 2 rings (SSSR count). The summed E-state index contributed by atoms with van der Waals surface area (Å²) in [6.07, 6.45) is 0. The molecule has 84 valence electrons. The summed E-state index contributed by atoms with van der Waals surface area (Å²) in [6, 6.07) is 8.38. The third-order valence-electron chi connectivity index (χ3n) is 2.13. The summed E-state index contributed by atoms with van der Waals surface area (Å²) >= 11 is 3.49. The van der Waals surface area contributed by atoms with Crippen molar-refractivity contribution in [2.75, 3.05) is 0 Å². The van der Waals surface area contributed by atoms with Crippen molar-refractivity contribution in [3.05, 3.63) is 54.1 Å². The van der Waals surface area contributed by atoms with Crippen LogP contribution < -0.4 is 10.2 Å². The van der Waals surface area contributed by atoms with Crippen LogP contribution in [0.15, 0.2) is 34.4 Å². The van der Waals surface area contributed by atoms with E-state index in [1.54, 1.807) is 0 Å². The van der Waals surface area contributed by atoms with Gasteiger partial charge in [-0.1, -0.05) is 23.5 Å². The number of rotatable bonds is 4. The van der Waals surface area contributed by atoms with Gasteiger partial charge in [-0.2, -0.15) is 0 Å². The molecular weight excluding hydrogens is 335 g/mol. The van der Waals surface area contributed by atoms with Crippen LogP contribution >= 0.6 is 33.9 Å². The number of halogens is 1. The molecule has 0 saturated carbocycles. The van der Waals surface area contributed by atoms with Crippen molar-refractivity contribution in [2.24, 2.45) is 0 Å². The maximum Gasteiger partial charge on any atom is 0.304 e. The van der Waals surface area contributed by atoms with E-state index in [1.807, 2.05) is 5.38 Å². The molecule has 1 aromatic carbocycles.